The number of pyridine rings is 1. The Morgan fingerprint density at radius 3 is 2.24 bits per heavy atom. The number of nitrogens with zero attached hydrogens (tertiary/aromatic N) is 2. The molecule has 0 fully saturated rings. The Kier molecular flexibility index (Phi) is 5.32. The van der Waals surface area contributed by atoms with E-state index in [9.17, 15) is 0 Å². The van der Waals surface area contributed by atoms with Crippen LogP contribution in [-0.2, 0) is 7.05 Å². The van der Waals surface area contributed by atoms with E-state index in [1.807, 2.05) is 60.4 Å². The normalized spacial score (nSPS) is 12.0. The van der Waals surface area contributed by atoms with Gasteiger partial charge in [-0.1, -0.05) is 23.2 Å². The molecule has 0 N–H and O–H groups in total. The number of ether oxygens (including phenoxy) is 1. The molecule has 2 heterocycles. The Hall–Kier alpha value is -1.63. The Balaban J connectivity index is 0.00000182. The minimum atomic E-state index is 0. The maximum atomic E-state index is 6.21. The van der Waals surface area contributed by atoms with Crippen LogP contribution in [0.25, 0.3) is 0 Å². The van der Waals surface area contributed by atoms with Crippen LogP contribution in [0.2, 0.25) is 10.0 Å². The molecule has 0 atom stereocenters. The monoisotopic (exact) mass is 482 g/mol. The summed E-state index contributed by atoms with van der Waals surface area (Å²) in [5.74, 6) is 1.38. The lowest BCUT2D eigenvalue weighted by atomic mass is 10.0. The highest BCUT2D eigenvalue weighted by atomic mass is 127. The molecule has 0 unspecified atom stereocenters. The van der Waals surface area contributed by atoms with Crippen LogP contribution in [0.15, 0.2) is 65.9 Å². The highest BCUT2D eigenvalue weighted by molar-refractivity contribution is 6.32. The van der Waals surface area contributed by atoms with Crippen molar-refractivity contribution in [1.82, 2.24) is 0 Å². The second-order valence-corrected chi connectivity index (χ2v) is 6.44. The second-order valence-electron chi connectivity index (χ2n) is 5.57. The van der Waals surface area contributed by atoms with E-state index in [1.165, 1.54) is 0 Å². The Bertz CT molecular complexity index is 972. The van der Waals surface area contributed by atoms with Crippen LogP contribution in [0.4, 0.5) is 5.69 Å². The summed E-state index contributed by atoms with van der Waals surface area (Å²) in [6, 6.07) is 15.0. The first kappa shape index (κ1) is 18.2. The van der Waals surface area contributed by atoms with Gasteiger partial charge in [0.2, 0.25) is 0 Å². The molecule has 2 aromatic carbocycles. The molecule has 1 aliphatic heterocycles. The van der Waals surface area contributed by atoms with Crippen LogP contribution < -0.4 is 33.3 Å². The van der Waals surface area contributed by atoms with Crippen LogP contribution in [-0.4, -0.2) is 5.71 Å². The van der Waals surface area contributed by atoms with Gasteiger partial charge in [-0.25, -0.2) is 9.56 Å². The molecule has 0 amide bonds. The Morgan fingerprint density at radius 2 is 1.52 bits per heavy atom. The lowest BCUT2D eigenvalue weighted by Gasteiger charge is -2.10. The van der Waals surface area contributed by atoms with Crippen molar-refractivity contribution in [3.63, 3.8) is 0 Å². The van der Waals surface area contributed by atoms with Crippen molar-refractivity contribution in [2.75, 3.05) is 0 Å². The smallest absolute Gasteiger partial charge is 0.169 e. The molecule has 6 heteroatoms. The molecular weight excluding hydrogens is 470 g/mol. The summed E-state index contributed by atoms with van der Waals surface area (Å²) in [5, 5.41) is 1.25. The van der Waals surface area contributed by atoms with Gasteiger partial charge in [-0.3, -0.25) is 0 Å². The number of fused-ring (bicyclic) bond motifs is 2. The van der Waals surface area contributed by atoms with Gasteiger partial charge in [0.1, 0.15) is 18.5 Å². The van der Waals surface area contributed by atoms with E-state index < -0.39 is 0 Å². The summed E-state index contributed by atoms with van der Waals surface area (Å²) < 4.78 is 8.02. The van der Waals surface area contributed by atoms with E-state index in [0.29, 0.717) is 27.2 Å². The van der Waals surface area contributed by atoms with Crippen molar-refractivity contribution in [3.05, 3.63) is 82.1 Å². The Morgan fingerprint density at radius 1 is 0.880 bits per heavy atom. The summed E-state index contributed by atoms with van der Waals surface area (Å²) in [5.41, 5.74) is 3.32. The first-order valence-corrected chi connectivity index (χ1v) is 8.17. The summed E-state index contributed by atoms with van der Waals surface area (Å²) in [6.07, 6.45) is 3.96. The third-order valence-corrected chi connectivity index (χ3v) is 4.29. The molecule has 0 aliphatic carbocycles. The number of hydrogen-bond donors (Lipinski definition) is 0. The van der Waals surface area contributed by atoms with E-state index in [2.05, 4.69) is 0 Å². The fourth-order valence-electron chi connectivity index (χ4n) is 2.62. The zero-order valence-corrected chi connectivity index (χ0v) is 16.9. The highest BCUT2D eigenvalue weighted by Crippen LogP contribution is 2.40. The standard InChI is InChI=1S/C19H13Cl2N2O.HI/c1-23-8-6-12(7-9-23)19-15-10-13(20)2-4-17(15)24-18-5-3-14(21)11-16(18)22-19;/h2-11H,1H3;1H/q+1;/p-1. The molecule has 1 aliphatic rings. The summed E-state index contributed by atoms with van der Waals surface area (Å²) in [7, 11) is 1.97. The van der Waals surface area contributed by atoms with Gasteiger partial charge in [0, 0.05) is 33.3 Å². The average molecular weight is 483 g/mol. The van der Waals surface area contributed by atoms with E-state index in [4.69, 9.17) is 32.9 Å². The van der Waals surface area contributed by atoms with Gasteiger partial charge in [0.25, 0.3) is 0 Å². The molecule has 0 bridgehead atoms. The van der Waals surface area contributed by atoms with E-state index in [0.717, 1.165) is 16.8 Å². The SMILES string of the molecule is C[n+]1ccc(C2=Nc3cc(Cl)ccc3Oc3ccc(Cl)cc32)cc1.[I-]. The van der Waals surface area contributed by atoms with Crippen LogP contribution in [0.1, 0.15) is 11.1 Å². The molecule has 1 aromatic heterocycles. The van der Waals surface area contributed by atoms with Crippen molar-refractivity contribution in [1.29, 1.82) is 0 Å². The van der Waals surface area contributed by atoms with Crippen molar-refractivity contribution in [3.8, 4) is 11.5 Å². The van der Waals surface area contributed by atoms with Crippen molar-refractivity contribution < 1.29 is 33.3 Å². The summed E-state index contributed by atoms with van der Waals surface area (Å²) in [6.45, 7) is 0. The predicted octanol–water partition coefficient (Wildman–Crippen LogP) is 2.10. The van der Waals surface area contributed by atoms with E-state index in [-0.39, 0.29) is 24.0 Å². The van der Waals surface area contributed by atoms with Gasteiger partial charge in [-0.05, 0) is 36.4 Å². The number of aryl methyl sites for hydroxylation is 1. The maximum absolute atomic E-state index is 6.21. The molecule has 0 radical (unpaired) electrons. The van der Waals surface area contributed by atoms with Gasteiger partial charge in [-0.15, -0.1) is 0 Å². The first-order valence-electron chi connectivity index (χ1n) is 7.42. The number of benzene rings is 2. The quantitative estimate of drug-likeness (QED) is 0.301. The molecule has 3 aromatic rings. The van der Waals surface area contributed by atoms with Crippen LogP contribution in [0.3, 0.4) is 0 Å². The molecular formula is C19H13Cl2IN2O. The first-order chi connectivity index (χ1) is 11.6. The molecule has 3 nitrogen and oxygen atoms in total. The van der Waals surface area contributed by atoms with Gasteiger partial charge >= 0.3 is 0 Å². The fraction of sp³-hybridized carbons (Fsp3) is 0.0526. The molecule has 4 rings (SSSR count). The van der Waals surface area contributed by atoms with Crippen molar-refractivity contribution in [2.24, 2.45) is 12.0 Å². The van der Waals surface area contributed by atoms with Gasteiger partial charge < -0.3 is 28.7 Å². The van der Waals surface area contributed by atoms with Crippen LogP contribution >= 0.6 is 23.2 Å². The number of aromatic nitrogens is 1. The zero-order valence-electron chi connectivity index (χ0n) is 13.2. The molecule has 25 heavy (non-hydrogen) atoms. The Labute approximate surface area is 172 Å². The van der Waals surface area contributed by atoms with Crippen molar-refractivity contribution in [2.45, 2.75) is 0 Å². The van der Waals surface area contributed by atoms with Crippen molar-refractivity contribution >= 4 is 34.6 Å². The minimum Gasteiger partial charge on any atom is -1.00 e. The molecule has 0 saturated heterocycles. The molecule has 0 saturated carbocycles. The number of aliphatic imine (C=N–C) groups is 1. The third kappa shape index (κ3) is 3.66. The largest absolute Gasteiger partial charge is 1.00 e. The predicted molar refractivity (Wildman–Crippen MR) is 95.9 cm³/mol. The maximum Gasteiger partial charge on any atom is 0.169 e. The average Bonchev–Trinajstić information content (AvgIpc) is 2.72. The number of rotatable bonds is 1. The van der Waals surface area contributed by atoms with Gasteiger partial charge in [-0.2, -0.15) is 0 Å². The molecule has 0 spiro atoms. The number of hydrogen-bond acceptors (Lipinski definition) is 2. The van der Waals surface area contributed by atoms with Gasteiger partial charge in [0.15, 0.2) is 18.1 Å². The third-order valence-electron chi connectivity index (χ3n) is 3.82. The van der Waals surface area contributed by atoms with Gasteiger partial charge in [0.05, 0.1) is 5.71 Å². The summed E-state index contributed by atoms with van der Waals surface area (Å²) >= 11 is 12.3. The fourth-order valence-corrected chi connectivity index (χ4v) is 2.96. The summed E-state index contributed by atoms with van der Waals surface area (Å²) in [4.78, 5) is 4.82. The number of halogens is 3. The lowest BCUT2D eigenvalue weighted by Crippen LogP contribution is -3.00. The minimum absolute atomic E-state index is 0. The molecule has 126 valence electrons. The second kappa shape index (κ2) is 7.32. The van der Waals surface area contributed by atoms with E-state index >= 15 is 0 Å². The highest BCUT2D eigenvalue weighted by Gasteiger charge is 2.20. The zero-order chi connectivity index (χ0) is 16.7. The topological polar surface area (TPSA) is 25.5 Å². The van der Waals surface area contributed by atoms with Crippen LogP contribution in [0, 0.1) is 0 Å². The lowest BCUT2D eigenvalue weighted by molar-refractivity contribution is -0.671. The van der Waals surface area contributed by atoms with Crippen LogP contribution in [0.5, 0.6) is 11.5 Å². The van der Waals surface area contributed by atoms with E-state index in [1.54, 1.807) is 12.1 Å².